The van der Waals surface area contributed by atoms with Crippen LogP contribution < -0.4 is 5.32 Å². The van der Waals surface area contributed by atoms with Crippen molar-refractivity contribution in [3.8, 4) is 0 Å². The second-order valence-corrected chi connectivity index (χ2v) is 4.68. The average molecular weight is 292 g/mol. The highest BCUT2D eigenvalue weighted by molar-refractivity contribution is 5.88. The van der Waals surface area contributed by atoms with Crippen molar-refractivity contribution >= 4 is 18.0 Å². The van der Waals surface area contributed by atoms with Crippen molar-refractivity contribution < 1.29 is 24.2 Å². The third-order valence-electron chi connectivity index (χ3n) is 3.09. The zero-order valence-corrected chi connectivity index (χ0v) is 11.3. The summed E-state index contributed by atoms with van der Waals surface area (Å²) in [5.74, 6) is -1.32. The van der Waals surface area contributed by atoms with Crippen LogP contribution in [0.2, 0.25) is 0 Å². The number of aliphatic carboxylic acids is 1. The van der Waals surface area contributed by atoms with E-state index in [1.807, 2.05) is 30.3 Å². The van der Waals surface area contributed by atoms with Gasteiger partial charge in [0.05, 0.1) is 6.42 Å². The molecular weight excluding hydrogens is 276 g/mol. The Kier molecular flexibility index (Phi) is 4.76. The molecule has 1 aliphatic rings. The highest BCUT2D eigenvalue weighted by Gasteiger charge is 2.32. The molecule has 1 fully saturated rings. The van der Waals surface area contributed by atoms with Gasteiger partial charge in [-0.2, -0.15) is 0 Å². The third-order valence-corrected chi connectivity index (χ3v) is 3.09. The van der Waals surface area contributed by atoms with E-state index in [0.717, 1.165) is 5.56 Å². The maximum Gasteiger partial charge on any atom is 0.407 e. The normalized spacial score (nSPS) is 17.0. The first-order valence-electron chi connectivity index (χ1n) is 6.54. The van der Waals surface area contributed by atoms with Gasteiger partial charge in [0.15, 0.2) is 0 Å². The van der Waals surface area contributed by atoms with E-state index in [4.69, 9.17) is 9.84 Å². The van der Waals surface area contributed by atoms with E-state index in [1.54, 1.807) is 0 Å². The number of cyclic esters (lactones) is 1. The molecule has 1 aromatic carbocycles. The summed E-state index contributed by atoms with van der Waals surface area (Å²) >= 11 is 0. The fraction of sp³-hybridized carbons (Fsp3) is 0.357. The molecule has 1 atom stereocenters. The molecule has 7 heteroatoms. The Morgan fingerprint density at radius 1 is 1.33 bits per heavy atom. The van der Waals surface area contributed by atoms with Crippen molar-refractivity contribution in [2.24, 2.45) is 0 Å². The molecule has 2 rings (SSSR count). The van der Waals surface area contributed by atoms with E-state index < -0.39 is 18.1 Å². The lowest BCUT2D eigenvalue weighted by atomic mass is 10.2. The molecule has 0 bridgehead atoms. The fourth-order valence-corrected chi connectivity index (χ4v) is 2.04. The number of alkyl carbamates (subject to hydrolysis) is 1. The molecule has 1 aromatic rings. The van der Waals surface area contributed by atoms with Gasteiger partial charge in [0.2, 0.25) is 5.91 Å². The number of hydrogen-bond donors (Lipinski definition) is 2. The zero-order valence-electron chi connectivity index (χ0n) is 11.3. The number of amides is 2. The Bertz CT molecular complexity index is 531. The van der Waals surface area contributed by atoms with Crippen LogP contribution in [0.3, 0.4) is 0 Å². The maximum atomic E-state index is 12.3. The zero-order chi connectivity index (χ0) is 15.2. The van der Waals surface area contributed by atoms with Crippen LogP contribution in [0.5, 0.6) is 0 Å². The molecule has 0 aromatic heterocycles. The molecule has 1 aliphatic heterocycles. The average Bonchev–Trinajstić information content (AvgIpc) is 2.90. The molecule has 21 heavy (non-hydrogen) atoms. The van der Waals surface area contributed by atoms with Gasteiger partial charge in [0.1, 0.15) is 12.6 Å². The number of carboxylic acids is 1. The summed E-state index contributed by atoms with van der Waals surface area (Å²) in [7, 11) is 0. The number of nitrogens with zero attached hydrogens (tertiary/aromatic N) is 1. The van der Waals surface area contributed by atoms with Gasteiger partial charge in [-0.25, -0.2) is 4.79 Å². The minimum absolute atomic E-state index is 0.0317. The standard InChI is InChI=1S/C14H16N2O5/c17-12(18)6-7-16(8-10-4-2-1-3-5-10)13(19)11-9-21-14(20)15-11/h1-5,11H,6-9H2,(H,15,20)(H,17,18). The van der Waals surface area contributed by atoms with E-state index in [0.29, 0.717) is 6.54 Å². The van der Waals surface area contributed by atoms with Gasteiger partial charge in [0.25, 0.3) is 0 Å². The van der Waals surface area contributed by atoms with Crippen LogP contribution in [0.15, 0.2) is 30.3 Å². The van der Waals surface area contributed by atoms with Crippen molar-refractivity contribution in [3.63, 3.8) is 0 Å². The molecule has 0 aliphatic carbocycles. The van der Waals surface area contributed by atoms with Gasteiger partial charge in [0, 0.05) is 13.1 Å². The molecule has 1 unspecified atom stereocenters. The quantitative estimate of drug-likeness (QED) is 0.800. The summed E-state index contributed by atoms with van der Waals surface area (Å²) in [4.78, 5) is 35.5. The molecular formula is C14H16N2O5. The Morgan fingerprint density at radius 3 is 2.62 bits per heavy atom. The van der Waals surface area contributed by atoms with Crippen molar-refractivity contribution in [3.05, 3.63) is 35.9 Å². The number of rotatable bonds is 6. The van der Waals surface area contributed by atoms with E-state index >= 15 is 0 Å². The molecule has 1 heterocycles. The van der Waals surface area contributed by atoms with Gasteiger partial charge in [-0.1, -0.05) is 30.3 Å². The van der Waals surface area contributed by atoms with Gasteiger partial charge in [-0.3, -0.25) is 9.59 Å². The number of carbonyl (C=O) groups excluding carboxylic acids is 2. The van der Waals surface area contributed by atoms with Gasteiger partial charge in [-0.15, -0.1) is 0 Å². The largest absolute Gasteiger partial charge is 0.481 e. The number of hydrogen-bond acceptors (Lipinski definition) is 4. The number of nitrogens with one attached hydrogen (secondary N) is 1. The first-order chi connectivity index (χ1) is 10.1. The van der Waals surface area contributed by atoms with Crippen molar-refractivity contribution in [1.82, 2.24) is 10.2 Å². The summed E-state index contributed by atoms with van der Waals surface area (Å²) in [6.45, 7) is 0.338. The smallest absolute Gasteiger partial charge is 0.407 e. The van der Waals surface area contributed by atoms with E-state index in [9.17, 15) is 14.4 Å². The molecule has 7 nitrogen and oxygen atoms in total. The summed E-state index contributed by atoms with van der Waals surface area (Å²) in [5, 5.41) is 11.2. The van der Waals surface area contributed by atoms with Gasteiger partial charge < -0.3 is 20.1 Å². The summed E-state index contributed by atoms with van der Waals surface area (Å²) in [5.41, 5.74) is 0.890. The molecule has 0 radical (unpaired) electrons. The van der Waals surface area contributed by atoms with Gasteiger partial charge >= 0.3 is 12.1 Å². The molecule has 0 spiro atoms. The molecule has 112 valence electrons. The Balaban J connectivity index is 2.05. The second kappa shape index (κ2) is 6.74. The van der Waals surface area contributed by atoms with Crippen LogP contribution >= 0.6 is 0 Å². The monoisotopic (exact) mass is 292 g/mol. The Labute approximate surface area is 121 Å². The summed E-state index contributed by atoms with van der Waals surface area (Å²) in [6.07, 6.45) is -0.786. The molecule has 2 N–H and O–H groups in total. The van der Waals surface area contributed by atoms with Crippen molar-refractivity contribution in [1.29, 1.82) is 0 Å². The van der Waals surface area contributed by atoms with Crippen LogP contribution in [0.4, 0.5) is 4.79 Å². The van der Waals surface area contributed by atoms with Crippen LogP contribution in [-0.4, -0.2) is 47.2 Å². The predicted molar refractivity (Wildman–Crippen MR) is 72.4 cm³/mol. The highest BCUT2D eigenvalue weighted by atomic mass is 16.6. The van der Waals surface area contributed by atoms with E-state index in [1.165, 1.54) is 4.90 Å². The number of benzene rings is 1. The van der Waals surface area contributed by atoms with E-state index in [-0.39, 0.29) is 25.5 Å². The minimum Gasteiger partial charge on any atom is -0.481 e. The first kappa shape index (κ1) is 14.8. The molecule has 1 saturated heterocycles. The van der Waals surface area contributed by atoms with Crippen LogP contribution in [0.1, 0.15) is 12.0 Å². The Morgan fingerprint density at radius 2 is 2.05 bits per heavy atom. The van der Waals surface area contributed by atoms with Crippen LogP contribution in [-0.2, 0) is 20.9 Å². The molecule has 0 saturated carbocycles. The first-order valence-corrected chi connectivity index (χ1v) is 6.54. The molecule has 2 amide bonds. The van der Waals surface area contributed by atoms with Crippen molar-refractivity contribution in [2.75, 3.05) is 13.2 Å². The lowest BCUT2D eigenvalue weighted by Gasteiger charge is -2.24. The summed E-state index contributed by atoms with van der Waals surface area (Å²) < 4.78 is 4.70. The number of carboxylic acid groups (broad SMARTS) is 1. The lowest BCUT2D eigenvalue weighted by molar-refractivity contribution is -0.139. The van der Waals surface area contributed by atoms with Crippen molar-refractivity contribution in [2.45, 2.75) is 19.0 Å². The second-order valence-electron chi connectivity index (χ2n) is 4.68. The number of carbonyl (C=O) groups is 3. The minimum atomic E-state index is -0.979. The Hall–Kier alpha value is -2.57. The van der Waals surface area contributed by atoms with Crippen LogP contribution in [0, 0.1) is 0 Å². The SMILES string of the molecule is O=C(O)CCN(Cc1ccccc1)C(=O)C1COC(=O)N1. The fourth-order valence-electron chi connectivity index (χ4n) is 2.04. The maximum absolute atomic E-state index is 12.3. The van der Waals surface area contributed by atoms with Gasteiger partial charge in [-0.05, 0) is 5.56 Å². The number of ether oxygens (including phenoxy) is 1. The van der Waals surface area contributed by atoms with Crippen LogP contribution in [0.25, 0.3) is 0 Å². The topological polar surface area (TPSA) is 95.9 Å². The van der Waals surface area contributed by atoms with E-state index in [2.05, 4.69) is 5.32 Å². The summed E-state index contributed by atoms with van der Waals surface area (Å²) in [6, 6.07) is 8.49. The highest BCUT2D eigenvalue weighted by Crippen LogP contribution is 2.09. The predicted octanol–water partition coefficient (Wildman–Crippen LogP) is 0.598. The third kappa shape index (κ3) is 4.20. The lowest BCUT2D eigenvalue weighted by Crippen LogP contribution is -2.45.